The van der Waals surface area contributed by atoms with E-state index in [1.807, 2.05) is 30.3 Å². The van der Waals surface area contributed by atoms with Crippen LogP contribution in [0, 0.1) is 11.8 Å². The maximum absolute atomic E-state index is 14.5. The lowest BCUT2D eigenvalue weighted by Gasteiger charge is -2.37. The Morgan fingerprint density at radius 2 is 1.90 bits per heavy atom. The third-order valence-electron chi connectivity index (χ3n) is 9.81. The first kappa shape index (κ1) is 37.8. The predicted octanol–water partition coefficient (Wildman–Crippen LogP) is 4.86. The molecule has 10 nitrogen and oxygen atoms in total. The monoisotopic (exact) mass is 729 g/mol. The van der Waals surface area contributed by atoms with Crippen molar-refractivity contribution >= 4 is 39.6 Å². The maximum Gasteiger partial charge on any atom is 0.306 e. The summed E-state index contributed by atoms with van der Waals surface area (Å²) < 4.78 is 12.3. The van der Waals surface area contributed by atoms with Crippen molar-refractivity contribution in [1.82, 2.24) is 15.1 Å². The molecule has 1 aromatic carbocycles. The number of ether oxygens (including phenoxy) is 2. The number of rotatable bonds is 21. The van der Waals surface area contributed by atoms with Gasteiger partial charge in [-0.15, -0.1) is 13.2 Å². The van der Waals surface area contributed by atoms with Crippen molar-refractivity contribution in [3.63, 3.8) is 0 Å². The number of aliphatic hydroxyl groups is 1. The quantitative estimate of drug-likeness (QED) is 0.0802. The van der Waals surface area contributed by atoms with Gasteiger partial charge in [0.2, 0.25) is 17.7 Å². The van der Waals surface area contributed by atoms with Gasteiger partial charge in [-0.1, -0.05) is 91.0 Å². The van der Waals surface area contributed by atoms with Crippen LogP contribution in [0.15, 0.2) is 55.6 Å². The second-order valence-electron chi connectivity index (χ2n) is 13.1. The molecule has 0 radical (unpaired) electrons. The highest BCUT2D eigenvalue weighted by atomic mass is 79.9. The lowest BCUT2D eigenvalue weighted by atomic mass is 9.70. The minimum atomic E-state index is -1.16. The molecule has 0 saturated carbocycles. The van der Waals surface area contributed by atoms with Crippen LogP contribution in [0.3, 0.4) is 0 Å². The molecule has 3 heterocycles. The van der Waals surface area contributed by atoms with Crippen LogP contribution in [0.25, 0.3) is 0 Å². The molecule has 3 aliphatic rings. The molecule has 1 spiro atoms. The first-order valence-corrected chi connectivity index (χ1v) is 18.4. The smallest absolute Gasteiger partial charge is 0.306 e. The summed E-state index contributed by atoms with van der Waals surface area (Å²) in [4.78, 5) is 58.9. The van der Waals surface area contributed by atoms with Crippen molar-refractivity contribution < 1.29 is 33.8 Å². The largest absolute Gasteiger partial charge is 0.463 e. The van der Waals surface area contributed by atoms with E-state index in [0.29, 0.717) is 45.3 Å². The van der Waals surface area contributed by atoms with Gasteiger partial charge in [0, 0.05) is 37.5 Å². The van der Waals surface area contributed by atoms with Crippen LogP contribution < -0.4 is 5.32 Å². The lowest BCUT2D eigenvalue weighted by molar-refractivity contribution is -0.148. The number of likely N-dealkylation sites (tertiary alicyclic amines) is 1. The zero-order chi connectivity index (χ0) is 34.7. The third kappa shape index (κ3) is 8.40. The molecular formula is C37H52BrN3O7. The van der Waals surface area contributed by atoms with Crippen LogP contribution in [-0.2, 0) is 28.7 Å². The number of aliphatic hydroxyl groups excluding tert-OH is 1. The number of carbonyl (C=O) groups is 4. The standard InChI is InChI=1S/C37H52BrN3O7/c1-4-7-14-21-40(20-6-3)36(46)33-37-24-27(38)32(48-37)30(31(37)35(45)41(33)22-15-9-10-16-23-42)34(44)39-28(26-17-12-11-13-18-26)25-47-29(43)19-8-5-2/h5-6,11-13,17-18,27-28,30-33,42H,2-4,7-10,14-16,19-25H2,1H3,(H,39,44)/t27?,28-,30+,31-,32+,33+,37-/m1/s1. The number of esters is 1. The molecule has 2 bridgehead atoms. The Bertz CT molecular complexity index is 1280. The SMILES string of the molecule is C=CCCC(=O)OC[C@@H](NC(=O)[C@@H]1[C@H]2O[C@@]3(CC2Br)[C@H](C(=O)N(CC=C)CCCCC)N(CCCCCCO)C(=O)[C@@H]13)c1ccccc1. The van der Waals surface area contributed by atoms with Crippen LogP contribution in [-0.4, -0.2) is 94.0 Å². The summed E-state index contributed by atoms with van der Waals surface area (Å²) in [5.41, 5.74) is -0.400. The number of halogens is 1. The molecule has 11 heteroatoms. The van der Waals surface area contributed by atoms with Gasteiger partial charge >= 0.3 is 5.97 Å². The summed E-state index contributed by atoms with van der Waals surface area (Å²) in [6, 6.07) is 7.77. The molecule has 3 aliphatic heterocycles. The van der Waals surface area contributed by atoms with Crippen LogP contribution in [0.2, 0.25) is 0 Å². The van der Waals surface area contributed by atoms with Crippen LogP contribution >= 0.6 is 15.9 Å². The molecule has 0 aromatic heterocycles. The summed E-state index contributed by atoms with van der Waals surface area (Å²) in [6.45, 7) is 10.9. The number of benzene rings is 1. The van der Waals surface area contributed by atoms with Crippen molar-refractivity contribution in [3.8, 4) is 0 Å². The zero-order valence-corrected chi connectivity index (χ0v) is 29.8. The number of nitrogens with zero attached hydrogens (tertiary/aromatic N) is 2. The number of nitrogens with one attached hydrogen (secondary N) is 1. The Morgan fingerprint density at radius 1 is 1.15 bits per heavy atom. The van der Waals surface area contributed by atoms with Crippen molar-refractivity contribution in [2.75, 3.05) is 32.8 Å². The first-order chi connectivity index (χ1) is 23.2. The van der Waals surface area contributed by atoms with Gasteiger partial charge in [0.15, 0.2) is 0 Å². The number of unbranched alkanes of at least 4 members (excludes halogenated alkanes) is 5. The van der Waals surface area contributed by atoms with Crippen molar-refractivity contribution in [2.45, 2.75) is 99.7 Å². The van der Waals surface area contributed by atoms with E-state index in [1.54, 1.807) is 22.0 Å². The highest BCUT2D eigenvalue weighted by Crippen LogP contribution is 2.60. The van der Waals surface area contributed by atoms with Gasteiger partial charge in [-0.2, -0.15) is 0 Å². The van der Waals surface area contributed by atoms with E-state index in [1.165, 1.54) is 0 Å². The summed E-state index contributed by atoms with van der Waals surface area (Å²) >= 11 is 3.76. The second-order valence-corrected chi connectivity index (χ2v) is 14.3. The molecular weight excluding hydrogens is 678 g/mol. The van der Waals surface area contributed by atoms with Crippen molar-refractivity contribution in [3.05, 3.63) is 61.2 Å². The highest BCUT2D eigenvalue weighted by Gasteiger charge is 2.76. The fraction of sp³-hybridized carbons (Fsp3) is 0.622. The molecule has 7 atom stereocenters. The average molecular weight is 731 g/mol. The first-order valence-electron chi connectivity index (χ1n) is 17.5. The number of hydrogen-bond donors (Lipinski definition) is 2. The summed E-state index contributed by atoms with van der Waals surface area (Å²) in [6.07, 6.45) is 9.63. The van der Waals surface area contributed by atoms with Crippen molar-refractivity contribution in [1.29, 1.82) is 0 Å². The fourth-order valence-corrected chi connectivity index (χ4v) is 8.46. The molecule has 4 rings (SSSR count). The number of carbonyl (C=O) groups excluding carboxylic acids is 4. The van der Waals surface area contributed by atoms with Crippen LogP contribution in [0.5, 0.6) is 0 Å². The molecule has 264 valence electrons. The van der Waals surface area contributed by atoms with Gasteiger partial charge in [0.05, 0.1) is 24.0 Å². The summed E-state index contributed by atoms with van der Waals surface area (Å²) in [5.74, 6) is -2.86. The topological polar surface area (TPSA) is 125 Å². The van der Waals surface area contributed by atoms with Gasteiger partial charge in [0.25, 0.3) is 0 Å². The number of alkyl halides is 1. The van der Waals surface area contributed by atoms with E-state index in [0.717, 1.165) is 37.7 Å². The van der Waals surface area contributed by atoms with Gasteiger partial charge in [0.1, 0.15) is 18.2 Å². The summed E-state index contributed by atoms with van der Waals surface area (Å²) in [5, 5.41) is 12.3. The maximum atomic E-state index is 14.5. The van der Waals surface area contributed by atoms with Gasteiger partial charge < -0.3 is 29.7 Å². The van der Waals surface area contributed by atoms with E-state index in [2.05, 4.69) is 41.3 Å². The lowest BCUT2D eigenvalue weighted by Crippen LogP contribution is -2.57. The normalized spacial score (nSPS) is 26.2. The number of allylic oxidation sites excluding steroid dienone is 1. The number of hydrogen-bond acceptors (Lipinski definition) is 7. The predicted molar refractivity (Wildman–Crippen MR) is 187 cm³/mol. The second kappa shape index (κ2) is 18.1. The van der Waals surface area contributed by atoms with E-state index < -0.39 is 41.6 Å². The fourth-order valence-electron chi connectivity index (χ4n) is 7.51. The highest BCUT2D eigenvalue weighted by molar-refractivity contribution is 9.09. The minimum absolute atomic E-state index is 0.0686. The Hall–Kier alpha value is -3.02. The van der Waals surface area contributed by atoms with E-state index in [4.69, 9.17) is 9.47 Å². The van der Waals surface area contributed by atoms with Gasteiger partial charge in [-0.3, -0.25) is 19.2 Å². The average Bonchev–Trinajstić information content (AvgIpc) is 3.68. The van der Waals surface area contributed by atoms with Gasteiger partial charge in [-0.25, -0.2) is 0 Å². The van der Waals surface area contributed by atoms with Gasteiger partial charge in [-0.05, 0) is 37.7 Å². The zero-order valence-electron chi connectivity index (χ0n) is 28.2. The molecule has 1 unspecified atom stereocenters. The van der Waals surface area contributed by atoms with Crippen LogP contribution in [0.1, 0.15) is 82.7 Å². The molecule has 2 N–H and O–H groups in total. The molecule has 3 fully saturated rings. The molecule has 3 saturated heterocycles. The van der Waals surface area contributed by atoms with E-state index >= 15 is 0 Å². The summed E-state index contributed by atoms with van der Waals surface area (Å²) in [7, 11) is 0. The van der Waals surface area contributed by atoms with Crippen LogP contribution in [0.4, 0.5) is 0 Å². The van der Waals surface area contributed by atoms with E-state index in [-0.39, 0.29) is 42.2 Å². The third-order valence-corrected chi connectivity index (χ3v) is 10.7. The Labute approximate surface area is 293 Å². The molecule has 0 aliphatic carbocycles. The minimum Gasteiger partial charge on any atom is -0.463 e. The molecule has 48 heavy (non-hydrogen) atoms. The molecule has 3 amide bonds. The molecule has 1 aromatic rings. The number of fused-ring (bicyclic) bond motifs is 1. The van der Waals surface area contributed by atoms with Crippen molar-refractivity contribution in [2.24, 2.45) is 11.8 Å². The van der Waals surface area contributed by atoms with E-state index in [9.17, 15) is 24.3 Å². The Balaban J connectivity index is 1.63. The number of amides is 3. The Kier molecular flexibility index (Phi) is 14.3. The Morgan fingerprint density at radius 3 is 2.58 bits per heavy atom.